The maximum Gasteiger partial charge on any atom is 0.251 e. The fourth-order valence-corrected chi connectivity index (χ4v) is 3.16. The lowest BCUT2D eigenvalue weighted by Crippen LogP contribution is -2.55. The third-order valence-corrected chi connectivity index (χ3v) is 4.74. The Labute approximate surface area is 166 Å². The van der Waals surface area contributed by atoms with Crippen LogP contribution in [0, 0.1) is 5.82 Å². The van der Waals surface area contributed by atoms with Crippen LogP contribution in [0.15, 0.2) is 42.5 Å². The van der Waals surface area contributed by atoms with E-state index in [0.717, 1.165) is 0 Å². The molecule has 1 aliphatic heterocycles. The summed E-state index contributed by atoms with van der Waals surface area (Å²) in [4.78, 5) is 11.7. The minimum atomic E-state index is -1.63. The number of carbonyl (C=O) groups is 1. The molecule has 2 aromatic carbocycles. The minimum Gasteiger partial charge on any atom is -0.454 e. The lowest BCUT2D eigenvalue weighted by molar-refractivity contribution is -0.232. The van der Waals surface area contributed by atoms with E-state index in [2.05, 4.69) is 5.32 Å². The van der Waals surface area contributed by atoms with E-state index in [9.17, 15) is 25.2 Å². The number of benzene rings is 2. The van der Waals surface area contributed by atoms with Crippen molar-refractivity contribution < 1.29 is 39.1 Å². The molecule has 0 unspecified atom stereocenters. The number of aliphatic hydroxyl groups excluding tert-OH is 4. The summed E-state index contributed by atoms with van der Waals surface area (Å²) in [5.41, 5.74) is 0.220. The molecule has 2 aromatic rings. The molecule has 5 N–H and O–H groups in total. The molecule has 0 spiro atoms. The van der Waals surface area contributed by atoms with Gasteiger partial charge in [0.1, 0.15) is 36.3 Å². The molecule has 156 valence electrons. The van der Waals surface area contributed by atoms with Crippen LogP contribution in [0.5, 0.6) is 11.5 Å². The standard InChI is InChI=1S/C20H22FNO7/c1-22-20(27)10-4-2-5-11(8-10)28-13-7-3-6-12(15(13)21)19-18(26)17(25)16(24)14(9-23)29-19/h2-8,14,16-19,23-26H,9H2,1H3,(H,22,27)/t14-,16-,17+,18-,19-/m1/s1. The Balaban J connectivity index is 1.89. The molecule has 0 radical (unpaired) electrons. The Kier molecular flexibility index (Phi) is 6.46. The van der Waals surface area contributed by atoms with Gasteiger partial charge in [-0.2, -0.15) is 0 Å². The third-order valence-electron chi connectivity index (χ3n) is 4.74. The molecule has 1 amide bonds. The molecule has 5 atom stereocenters. The van der Waals surface area contributed by atoms with Gasteiger partial charge in [0, 0.05) is 18.2 Å². The van der Waals surface area contributed by atoms with E-state index in [-0.39, 0.29) is 23.0 Å². The number of carbonyl (C=O) groups excluding carboxylic acids is 1. The predicted molar refractivity (Wildman–Crippen MR) is 99.0 cm³/mol. The zero-order valence-corrected chi connectivity index (χ0v) is 15.5. The summed E-state index contributed by atoms with van der Waals surface area (Å²) in [6.07, 6.45) is -7.27. The van der Waals surface area contributed by atoms with Crippen LogP contribution in [-0.2, 0) is 4.74 Å². The molecular formula is C20H22FNO7. The normalized spacial score (nSPS) is 26.8. The van der Waals surface area contributed by atoms with Gasteiger partial charge in [-0.15, -0.1) is 0 Å². The second-order valence-electron chi connectivity index (χ2n) is 6.62. The highest BCUT2D eigenvalue weighted by molar-refractivity contribution is 5.94. The zero-order valence-electron chi connectivity index (χ0n) is 15.5. The number of aliphatic hydroxyl groups is 4. The fraction of sp³-hybridized carbons (Fsp3) is 0.350. The molecule has 0 saturated carbocycles. The van der Waals surface area contributed by atoms with Crippen LogP contribution in [0.25, 0.3) is 0 Å². The van der Waals surface area contributed by atoms with Gasteiger partial charge in [0.05, 0.1) is 6.61 Å². The highest BCUT2D eigenvalue weighted by atomic mass is 19.1. The van der Waals surface area contributed by atoms with Crippen molar-refractivity contribution in [1.82, 2.24) is 5.32 Å². The van der Waals surface area contributed by atoms with E-state index in [0.29, 0.717) is 5.56 Å². The van der Waals surface area contributed by atoms with Crippen molar-refractivity contribution in [3.8, 4) is 11.5 Å². The van der Waals surface area contributed by atoms with E-state index in [1.807, 2.05) is 0 Å². The average molecular weight is 407 g/mol. The first-order valence-corrected chi connectivity index (χ1v) is 8.96. The molecule has 29 heavy (non-hydrogen) atoms. The van der Waals surface area contributed by atoms with Crippen molar-refractivity contribution in [2.45, 2.75) is 30.5 Å². The van der Waals surface area contributed by atoms with Crippen LogP contribution in [0.4, 0.5) is 4.39 Å². The second kappa shape index (κ2) is 8.85. The summed E-state index contributed by atoms with van der Waals surface area (Å²) in [7, 11) is 1.49. The van der Waals surface area contributed by atoms with Crippen LogP contribution < -0.4 is 10.1 Å². The summed E-state index contributed by atoms with van der Waals surface area (Å²) < 4.78 is 26.1. The van der Waals surface area contributed by atoms with E-state index in [4.69, 9.17) is 9.47 Å². The van der Waals surface area contributed by atoms with Gasteiger partial charge in [-0.3, -0.25) is 4.79 Å². The Hall–Kier alpha value is -2.56. The summed E-state index contributed by atoms with van der Waals surface area (Å²) in [6.45, 7) is -0.620. The maximum absolute atomic E-state index is 15.1. The molecule has 8 nitrogen and oxygen atoms in total. The monoisotopic (exact) mass is 407 g/mol. The molecule has 1 heterocycles. The Morgan fingerprint density at radius 3 is 2.55 bits per heavy atom. The van der Waals surface area contributed by atoms with Crippen molar-refractivity contribution in [3.63, 3.8) is 0 Å². The molecular weight excluding hydrogens is 385 g/mol. The first kappa shape index (κ1) is 21.2. The molecule has 3 rings (SSSR count). The average Bonchev–Trinajstić information content (AvgIpc) is 2.74. The van der Waals surface area contributed by atoms with Crippen molar-refractivity contribution in [2.75, 3.05) is 13.7 Å². The number of hydrogen-bond donors (Lipinski definition) is 5. The van der Waals surface area contributed by atoms with Gasteiger partial charge in [0.25, 0.3) is 5.91 Å². The van der Waals surface area contributed by atoms with Crippen LogP contribution in [-0.4, -0.2) is 64.4 Å². The second-order valence-corrected chi connectivity index (χ2v) is 6.62. The van der Waals surface area contributed by atoms with Gasteiger partial charge in [0.15, 0.2) is 11.6 Å². The third kappa shape index (κ3) is 4.24. The Morgan fingerprint density at radius 1 is 1.14 bits per heavy atom. The highest BCUT2D eigenvalue weighted by Gasteiger charge is 2.45. The van der Waals surface area contributed by atoms with Crippen LogP contribution in [0.1, 0.15) is 22.0 Å². The van der Waals surface area contributed by atoms with Gasteiger partial charge in [-0.1, -0.05) is 18.2 Å². The number of nitrogens with one attached hydrogen (secondary N) is 1. The van der Waals surface area contributed by atoms with E-state index in [1.54, 1.807) is 18.2 Å². The van der Waals surface area contributed by atoms with Crippen LogP contribution in [0.3, 0.4) is 0 Å². The Morgan fingerprint density at radius 2 is 1.86 bits per heavy atom. The molecule has 1 aliphatic rings. The molecule has 1 fully saturated rings. The SMILES string of the molecule is CNC(=O)c1cccc(Oc2cccc([C@H]3O[C@H](CO)[C@@H](O)[C@H](O)[C@H]3O)c2F)c1. The number of ether oxygens (including phenoxy) is 2. The molecule has 0 bridgehead atoms. The number of rotatable bonds is 5. The first-order valence-electron chi connectivity index (χ1n) is 8.96. The minimum absolute atomic E-state index is 0.109. The maximum atomic E-state index is 15.1. The smallest absolute Gasteiger partial charge is 0.251 e. The van der Waals surface area contributed by atoms with Gasteiger partial charge in [0.2, 0.25) is 0 Å². The summed E-state index contributed by atoms with van der Waals surface area (Å²) >= 11 is 0. The predicted octanol–water partition coefficient (Wildman–Crippen LogP) is 0.492. The lowest BCUT2D eigenvalue weighted by Gasteiger charge is -2.40. The Bertz CT molecular complexity index is 876. The largest absolute Gasteiger partial charge is 0.454 e. The van der Waals surface area contributed by atoms with Gasteiger partial charge in [-0.25, -0.2) is 4.39 Å². The highest BCUT2D eigenvalue weighted by Crippen LogP contribution is 2.37. The fourth-order valence-electron chi connectivity index (χ4n) is 3.16. The van der Waals surface area contributed by atoms with E-state index >= 15 is 4.39 Å². The summed E-state index contributed by atoms with van der Waals surface area (Å²) in [5.74, 6) is -1.14. The van der Waals surface area contributed by atoms with E-state index in [1.165, 1.54) is 31.3 Å². The topological polar surface area (TPSA) is 128 Å². The number of halogens is 1. The van der Waals surface area contributed by atoms with Crippen LogP contribution >= 0.6 is 0 Å². The molecule has 0 aromatic heterocycles. The quantitative estimate of drug-likeness (QED) is 0.488. The van der Waals surface area contributed by atoms with Crippen molar-refractivity contribution in [2.24, 2.45) is 0 Å². The summed E-state index contributed by atoms with van der Waals surface area (Å²) in [6, 6.07) is 10.3. The molecule has 1 saturated heterocycles. The van der Waals surface area contributed by atoms with Gasteiger partial charge in [-0.05, 0) is 24.3 Å². The van der Waals surface area contributed by atoms with Crippen molar-refractivity contribution in [1.29, 1.82) is 0 Å². The van der Waals surface area contributed by atoms with Gasteiger partial charge >= 0.3 is 0 Å². The number of amides is 1. The molecule has 9 heteroatoms. The van der Waals surface area contributed by atoms with Crippen LogP contribution in [0.2, 0.25) is 0 Å². The number of hydrogen-bond acceptors (Lipinski definition) is 7. The zero-order chi connectivity index (χ0) is 21.1. The summed E-state index contributed by atoms with van der Waals surface area (Å²) in [5, 5.41) is 41.9. The molecule has 0 aliphatic carbocycles. The lowest BCUT2D eigenvalue weighted by atomic mass is 9.91. The van der Waals surface area contributed by atoms with Crippen molar-refractivity contribution >= 4 is 5.91 Å². The van der Waals surface area contributed by atoms with Crippen molar-refractivity contribution in [3.05, 3.63) is 59.4 Å². The van der Waals surface area contributed by atoms with E-state index < -0.39 is 42.9 Å². The van der Waals surface area contributed by atoms with Gasteiger partial charge < -0.3 is 35.2 Å². The first-order chi connectivity index (χ1) is 13.9.